The minimum atomic E-state index is -1.10. The van der Waals surface area contributed by atoms with Crippen molar-refractivity contribution in [3.05, 3.63) is 93.7 Å². The van der Waals surface area contributed by atoms with Crippen LogP contribution in [0.2, 0.25) is 0 Å². The van der Waals surface area contributed by atoms with Crippen LogP contribution in [0.5, 0.6) is 11.5 Å². The normalized spacial score (nSPS) is 14.3. The molecule has 0 aromatic heterocycles. The standard InChI is InChI=1S/C26H20BrFN2O5/c1-34-23-10-7-17(12-24(23)35-15-16-5-8-19(28)9-6-16)11-21-22(14-25(31)32)29-30(26(21)33)20-4-2-3-18(27)13-20/h2-13H,14-15H2,1H3,(H,31,32)/b21-11-. The van der Waals surface area contributed by atoms with Crippen LogP contribution in [0.1, 0.15) is 17.5 Å². The largest absolute Gasteiger partial charge is 0.493 e. The Morgan fingerprint density at radius 1 is 1.11 bits per heavy atom. The number of carboxylic acids is 1. The first-order chi connectivity index (χ1) is 16.8. The van der Waals surface area contributed by atoms with Crippen molar-refractivity contribution in [3.63, 3.8) is 0 Å². The van der Waals surface area contributed by atoms with Gasteiger partial charge < -0.3 is 14.6 Å². The van der Waals surface area contributed by atoms with E-state index in [9.17, 15) is 19.1 Å². The number of anilines is 1. The van der Waals surface area contributed by atoms with Gasteiger partial charge in [0.15, 0.2) is 11.5 Å². The average molecular weight is 539 g/mol. The molecule has 9 heteroatoms. The predicted octanol–water partition coefficient (Wildman–Crippen LogP) is 5.44. The second kappa shape index (κ2) is 10.5. The number of carbonyl (C=O) groups excluding carboxylic acids is 1. The van der Waals surface area contributed by atoms with Crippen molar-refractivity contribution >= 4 is 45.3 Å². The van der Waals surface area contributed by atoms with Crippen LogP contribution in [0.4, 0.5) is 10.1 Å². The molecule has 0 saturated carbocycles. The smallest absolute Gasteiger partial charge is 0.309 e. The Morgan fingerprint density at radius 2 is 1.89 bits per heavy atom. The summed E-state index contributed by atoms with van der Waals surface area (Å²) in [5.41, 5.74) is 2.18. The number of hydrazone groups is 1. The summed E-state index contributed by atoms with van der Waals surface area (Å²) in [5.74, 6) is -0.989. The Morgan fingerprint density at radius 3 is 2.57 bits per heavy atom. The number of carbonyl (C=O) groups is 2. The second-order valence-electron chi connectivity index (χ2n) is 7.60. The number of carboxylic acid groups (broad SMARTS) is 1. The van der Waals surface area contributed by atoms with E-state index in [1.807, 2.05) is 6.07 Å². The van der Waals surface area contributed by atoms with Crippen molar-refractivity contribution in [2.24, 2.45) is 5.10 Å². The fraction of sp³-hybridized carbons (Fsp3) is 0.115. The number of aliphatic carboxylic acids is 1. The first-order valence-corrected chi connectivity index (χ1v) is 11.3. The SMILES string of the molecule is COc1ccc(/C=C2\C(=O)N(c3cccc(Br)c3)N=C2CC(=O)O)cc1OCc1ccc(F)cc1. The fourth-order valence-corrected chi connectivity index (χ4v) is 3.85. The van der Waals surface area contributed by atoms with Gasteiger partial charge in [-0.3, -0.25) is 9.59 Å². The third-order valence-electron chi connectivity index (χ3n) is 5.13. The summed E-state index contributed by atoms with van der Waals surface area (Å²) in [7, 11) is 1.51. The van der Waals surface area contributed by atoms with Crippen molar-refractivity contribution < 1.29 is 28.6 Å². The molecule has 0 radical (unpaired) electrons. The molecule has 178 valence electrons. The lowest BCUT2D eigenvalue weighted by Gasteiger charge is -2.13. The van der Waals surface area contributed by atoms with Gasteiger partial charge in [0, 0.05) is 4.47 Å². The van der Waals surface area contributed by atoms with E-state index in [2.05, 4.69) is 21.0 Å². The van der Waals surface area contributed by atoms with E-state index in [0.717, 1.165) is 10.0 Å². The number of amides is 1. The summed E-state index contributed by atoms with van der Waals surface area (Å²) < 4.78 is 25.2. The molecule has 1 N–H and O–H groups in total. The molecule has 7 nitrogen and oxygen atoms in total. The number of methoxy groups -OCH3 is 1. The maximum absolute atomic E-state index is 13.2. The van der Waals surface area contributed by atoms with Crippen LogP contribution < -0.4 is 14.5 Å². The van der Waals surface area contributed by atoms with Crippen molar-refractivity contribution in [1.29, 1.82) is 0 Å². The zero-order chi connectivity index (χ0) is 24.9. The van der Waals surface area contributed by atoms with Gasteiger partial charge in [-0.2, -0.15) is 10.1 Å². The first kappa shape index (κ1) is 24.2. The lowest BCUT2D eigenvalue weighted by molar-refractivity contribution is -0.135. The van der Waals surface area contributed by atoms with Crippen molar-refractivity contribution in [2.75, 3.05) is 12.1 Å². The van der Waals surface area contributed by atoms with Gasteiger partial charge in [0.1, 0.15) is 12.4 Å². The van der Waals surface area contributed by atoms with Gasteiger partial charge in [0.05, 0.1) is 30.5 Å². The number of nitrogens with zero attached hydrogens (tertiary/aromatic N) is 2. The lowest BCUT2D eigenvalue weighted by Crippen LogP contribution is -2.21. The van der Waals surface area contributed by atoms with Gasteiger partial charge in [0.2, 0.25) is 0 Å². The zero-order valence-electron chi connectivity index (χ0n) is 18.6. The van der Waals surface area contributed by atoms with Gasteiger partial charge in [-0.15, -0.1) is 0 Å². The maximum Gasteiger partial charge on any atom is 0.309 e. The molecule has 3 aromatic carbocycles. The minimum Gasteiger partial charge on any atom is -0.493 e. The van der Waals surface area contributed by atoms with Gasteiger partial charge in [-0.1, -0.05) is 40.2 Å². The maximum atomic E-state index is 13.2. The quantitative estimate of drug-likeness (QED) is 0.386. The number of hydrogen-bond donors (Lipinski definition) is 1. The van der Waals surface area contributed by atoms with E-state index in [4.69, 9.17) is 9.47 Å². The summed E-state index contributed by atoms with van der Waals surface area (Å²) in [6.07, 6.45) is 1.17. The predicted molar refractivity (Wildman–Crippen MR) is 133 cm³/mol. The Labute approximate surface area is 209 Å². The molecule has 0 atom stereocenters. The molecule has 0 aliphatic carbocycles. The Balaban J connectivity index is 1.65. The van der Waals surface area contributed by atoms with Crippen LogP contribution in [-0.4, -0.2) is 29.8 Å². The molecular formula is C26H20BrFN2O5. The third-order valence-corrected chi connectivity index (χ3v) is 5.63. The van der Waals surface area contributed by atoms with Gasteiger partial charge in [0.25, 0.3) is 5.91 Å². The van der Waals surface area contributed by atoms with Crippen LogP contribution in [0.15, 0.2) is 81.9 Å². The molecular weight excluding hydrogens is 519 g/mol. The number of rotatable bonds is 8. The van der Waals surface area contributed by atoms with Crippen LogP contribution >= 0.6 is 15.9 Å². The molecule has 1 heterocycles. The lowest BCUT2D eigenvalue weighted by atomic mass is 10.0. The Kier molecular flexibility index (Phi) is 7.26. The summed E-state index contributed by atoms with van der Waals surface area (Å²) in [5, 5.41) is 14.8. The van der Waals surface area contributed by atoms with E-state index in [0.29, 0.717) is 22.7 Å². The van der Waals surface area contributed by atoms with Gasteiger partial charge in [-0.25, -0.2) is 4.39 Å². The Hall–Kier alpha value is -3.98. The molecule has 1 amide bonds. The first-order valence-electron chi connectivity index (χ1n) is 10.5. The summed E-state index contributed by atoms with van der Waals surface area (Å²) in [4.78, 5) is 24.6. The fourth-order valence-electron chi connectivity index (χ4n) is 3.46. The molecule has 0 saturated heterocycles. The van der Waals surface area contributed by atoms with E-state index in [1.165, 1.54) is 24.3 Å². The number of halogens is 2. The highest BCUT2D eigenvalue weighted by Gasteiger charge is 2.32. The topological polar surface area (TPSA) is 88.4 Å². The molecule has 1 aliphatic heterocycles. The third kappa shape index (κ3) is 5.75. The van der Waals surface area contributed by atoms with Crippen LogP contribution in [0, 0.1) is 5.82 Å². The number of benzene rings is 3. The number of hydrogen-bond acceptors (Lipinski definition) is 5. The van der Waals surface area contributed by atoms with E-state index in [1.54, 1.807) is 54.6 Å². The van der Waals surface area contributed by atoms with Gasteiger partial charge >= 0.3 is 5.97 Å². The number of ether oxygens (including phenoxy) is 2. The molecule has 3 aromatic rings. The second-order valence-corrected chi connectivity index (χ2v) is 8.51. The van der Waals surface area contributed by atoms with Crippen molar-refractivity contribution in [3.8, 4) is 11.5 Å². The molecule has 0 unspecified atom stereocenters. The highest BCUT2D eigenvalue weighted by atomic mass is 79.9. The molecule has 1 aliphatic rings. The van der Waals surface area contributed by atoms with Gasteiger partial charge in [-0.05, 0) is 59.7 Å². The van der Waals surface area contributed by atoms with Crippen molar-refractivity contribution in [1.82, 2.24) is 0 Å². The average Bonchev–Trinajstić information content (AvgIpc) is 3.13. The van der Waals surface area contributed by atoms with Crippen LogP contribution in [0.3, 0.4) is 0 Å². The molecule has 4 rings (SSSR count). The summed E-state index contributed by atoms with van der Waals surface area (Å²) in [6, 6.07) is 18.0. The minimum absolute atomic E-state index is 0.145. The van der Waals surface area contributed by atoms with Crippen molar-refractivity contribution in [2.45, 2.75) is 13.0 Å². The Bertz CT molecular complexity index is 1340. The van der Waals surface area contributed by atoms with E-state index < -0.39 is 18.3 Å². The van der Waals surface area contributed by atoms with Crippen LogP contribution in [0.25, 0.3) is 6.08 Å². The zero-order valence-corrected chi connectivity index (χ0v) is 20.2. The van der Waals surface area contributed by atoms with Crippen LogP contribution in [-0.2, 0) is 16.2 Å². The highest BCUT2D eigenvalue weighted by molar-refractivity contribution is 9.10. The summed E-state index contributed by atoms with van der Waals surface area (Å²) in [6.45, 7) is 0.179. The molecule has 0 fully saturated rings. The van der Waals surface area contributed by atoms with E-state index in [-0.39, 0.29) is 23.7 Å². The molecule has 35 heavy (non-hydrogen) atoms. The highest BCUT2D eigenvalue weighted by Crippen LogP contribution is 2.32. The van der Waals surface area contributed by atoms with E-state index >= 15 is 0 Å². The summed E-state index contributed by atoms with van der Waals surface area (Å²) >= 11 is 3.37. The molecule has 0 bridgehead atoms. The molecule has 0 spiro atoms. The monoisotopic (exact) mass is 538 g/mol.